The highest BCUT2D eigenvalue weighted by molar-refractivity contribution is 5.54. The molecule has 2 aliphatic heterocycles. The van der Waals surface area contributed by atoms with Crippen molar-refractivity contribution in [3.8, 4) is 0 Å². The molecular weight excluding hydrogens is 370 g/mol. The second kappa shape index (κ2) is 9.34. The van der Waals surface area contributed by atoms with E-state index in [4.69, 9.17) is 9.97 Å². The maximum atomic E-state index is 5.10. The molecule has 0 bridgehead atoms. The molecule has 3 heterocycles. The van der Waals surface area contributed by atoms with Crippen LogP contribution in [0.1, 0.15) is 61.8 Å². The van der Waals surface area contributed by atoms with Crippen molar-refractivity contribution in [2.45, 2.75) is 70.4 Å². The fraction of sp³-hybridized carbons (Fsp3) is 0.600. The van der Waals surface area contributed by atoms with E-state index < -0.39 is 0 Å². The van der Waals surface area contributed by atoms with E-state index in [9.17, 15) is 0 Å². The number of likely N-dealkylation sites (tertiary alicyclic amines) is 1. The largest absolute Gasteiger partial charge is 0.356 e. The Hall–Kier alpha value is -2.14. The van der Waals surface area contributed by atoms with Crippen molar-refractivity contribution in [3.05, 3.63) is 47.2 Å². The minimum atomic E-state index is 0.430. The normalized spacial score (nSPS) is 22.5. The Kier molecular flexibility index (Phi) is 6.16. The summed E-state index contributed by atoms with van der Waals surface area (Å²) in [6.45, 7) is 5.57. The highest BCUT2D eigenvalue weighted by Gasteiger charge is 2.26. The molecule has 3 aliphatic rings. The number of hydrogen-bond donors (Lipinski definition) is 1. The molecule has 0 radical (unpaired) electrons. The Morgan fingerprint density at radius 2 is 1.70 bits per heavy atom. The first-order valence-electron chi connectivity index (χ1n) is 12.0. The lowest BCUT2D eigenvalue weighted by Crippen LogP contribution is -2.42. The zero-order valence-electron chi connectivity index (χ0n) is 18.2. The average molecular weight is 406 g/mol. The molecule has 2 saturated heterocycles. The zero-order chi connectivity index (χ0) is 20.2. The number of piperidine rings is 1. The molecule has 0 amide bonds. The molecule has 0 saturated carbocycles. The second-order valence-corrected chi connectivity index (χ2v) is 9.26. The van der Waals surface area contributed by atoms with Crippen LogP contribution in [-0.4, -0.2) is 47.1 Å². The SMILES string of the molecule is c1ccc(CN2CCC[C@@H](Nc3nc4c(c(N5CCCCCC5)n3)CCC4)C2)cc1. The molecule has 5 rings (SSSR count). The van der Waals surface area contributed by atoms with E-state index in [0.29, 0.717) is 6.04 Å². The van der Waals surface area contributed by atoms with Gasteiger partial charge in [-0.3, -0.25) is 4.90 Å². The molecule has 1 aromatic heterocycles. The molecule has 2 fully saturated rings. The predicted octanol–water partition coefficient (Wildman–Crippen LogP) is 4.42. The van der Waals surface area contributed by atoms with Crippen molar-refractivity contribution in [1.82, 2.24) is 14.9 Å². The van der Waals surface area contributed by atoms with Gasteiger partial charge in [-0.05, 0) is 57.1 Å². The summed E-state index contributed by atoms with van der Waals surface area (Å²) < 4.78 is 0. The Bertz CT molecular complexity index is 829. The van der Waals surface area contributed by atoms with Crippen LogP contribution < -0.4 is 10.2 Å². The van der Waals surface area contributed by atoms with E-state index in [-0.39, 0.29) is 0 Å². The van der Waals surface area contributed by atoms with Crippen LogP contribution in [0, 0.1) is 0 Å². The van der Waals surface area contributed by atoms with Crippen molar-refractivity contribution in [3.63, 3.8) is 0 Å². The number of benzene rings is 1. The van der Waals surface area contributed by atoms with Crippen LogP contribution in [0.5, 0.6) is 0 Å². The fourth-order valence-corrected chi connectivity index (χ4v) is 5.36. The quantitative estimate of drug-likeness (QED) is 0.798. The predicted molar refractivity (Wildman–Crippen MR) is 123 cm³/mol. The summed E-state index contributed by atoms with van der Waals surface area (Å²) in [6.07, 6.45) is 11.2. The first-order chi connectivity index (χ1) is 14.8. The monoisotopic (exact) mass is 405 g/mol. The van der Waals surface area contributed by atoms with Crippen LogP contribution in [0.15, 0.2) is 30.3 Å². The van der Waals surface area contributed by atoms with Crippen LogP contribution >= 0.6 is 0 Å². The highest BCUT2D eigenvalue weighted by Crippen LogP contribution is 2.31. The lowest BCUT2D eigenvalue weighted by Gasteiger charge is -2.33. The van der Waals surface area contributed by atoms with Crippen molar-refractivity contribution >= 4 is 11.8 Å². The van der Waals surface area contributed by atoms with Gasteiger partial charge in [-0.25, -0.2) is 4.98 Å². The molecule has 1 aromatic carbocycles. The van der Waals surface area contributed by atoms with Crippen LogP contribution in [0.3, 0.4) is 0 Å². The van der Waals surface area contributed by atoms with E-state index in [2.05, 4.69) is 45.4 Å². The third kappa shape index (κ3) is 4.61. The van der Waals surface area contributed by atoms with E-state index in [0.717, 1.165) is 45.0 Å². The summed E-state index contributed by atoms with van der Waals surface area (Å²) in [5.41, 5.74) is 4.12. The topological polar surface area (TPSA) is 44.3 Å². The van der Waals surface area contributed by atoms with Crippen molar-refractivity contribution in [1.29, 1.82) is 0 Å². The number of nitrogens with one attached hydrogen (secondary N) is 1. The van der Waals surface area contributed by atoms with E-state index >= 15 is 0 Å². The highest BCUT2D eigenvalue weighted by atomic mass is 15.3. The molecule has 160 valence electrons. The van der Waals surface area contributed by atoms with Gasteiger partial charge in [0.15, 0.2) is 0 Å². The van der Waals surface area contributed by atoms with Crippen molar-refractivity contribution < 1.29 is 0 Å². The van der Waals surface area contributed by atoms with Crippen molar-refractivity contribution in [2.24, 2.45) is 0 Å². The number of fused-ring (bicyclic) bond motifs is 1. The lowest BCUT2D eigenvalue weighted by molar-refractivity contribution is 0.208. The van der Waals surface area contributed by atoms with Gasteiger partial charge in [-0.15, -0.1) is 0 Å². The third-order valence-corrected chi connectivity index (χ3v) is 6.90. The van der Waals surface area contributed by atoms with Crippen LogP contribution in [-0.2, 0) is 19.4 Å². The van der Waals surface area contributed by atoms with Crippen LogP contribution in [0.25, 0.3) is 0 Å². The molecule has 1 N–H and O–H groups in total. The third-order valence-electron chi connectivity index (χ3n) is 6.90. The zero-order valence-corrected chi connectivity index (χ0v) is 18.2. The number of anilines is 2. The summed E-state index contributed by atoms with van der Waals surface area (Å²) in [5, 5.41) is 3.73. The minimum absolute atomic E-state index is 0.430. The molecule has 5 heteroatoms. The standard InChI is InChI=1S/C25H35N5/c1-2-7-17-30(16-6-1)24-22-13-8-14-23(22)27-25(28-24)26-21-12-9-15-29(19-21)18-20-10-4-3-5-11-20/h3-5,10-11,21H,1-2,6-9,12-19H2,(H,26,27,28)/t21-/m1/s1. The molecule has 0 spiro atoms. The Morgan fingerprint density at radius 1 is 0.867 bits per heavy atom. The smallest absolute Gasteiger partial charge is 0.225 e. The number of aryl methyl sites for hydroxylation is 1. The Balaban J connectivity index is 1.30. The average Bonchev–Trinajstić information content (AvgIpc) is 3.07. The first kappa shape index (κ1) is 19.8. The van der Waals surface area contributed by atoms with E-state index in [1.54, 1.807) is 0 Å². The van der Waals surface area contributed by atoms with Gasteiger partial charge in [0.25, 0.3) is 0 Å². The van der Waals surface area contributed by atoms with Crippen LogP contribution in [0.2, 0.25) is 0 Å². The maximum absolute atomic E-state index is 5.10. The number of hydrogen-bond acceptors (Lipinski definition) is 5. The Morgan fingerprint density at radius 3 is 2.53 bits per heavy atom. The fourth-order valence-electron chi connectivity index (χ4n) is 5.36. The number of nitrogens with zero attached hydrogens (tertiary/aromatic N) is 4. The molecule has 0 unspecified atom stereocenters. The van der Waals surface area contributed by atoms with Gasteiger partial charge in [0.1, 0.15) is 5.82 Å². The Labute approximate surface area is 180 Å². The van der Waals surface area contributed by atoms with Gasteiger partial charge in [0, 0.05) is 37.8 Å². The van der Waals surface area contributed by atoms with Gasteiger partial charge in [-0.2, -0.15) is 4.98 Å². The summed E-state index contributed by atoms with van der Waals surface area (Å²) in [5.74, 6) is 2.10. The first-order valence-corrected chi connectivity index (χ1v) is 12.0. The molecule has 2 aromatic rings. The van der Waals surface area contributed by atoms with Gasteiger partial charge < -0.3 is 10.2 Å². The van der Waals surface area contributed by atoms with Gasteiger partial charge in [-0.1, -0.05) is 43.2 Å². The van der Waals surface area contributed by atoms with Gasteiger partial charge >= 0.3 is 0 Å². The van der Waals surface area contributed by atoms with Gasteiger partial charge in [0.2, 0.25) is 5.95 Å². The molecule has 30 heavy (non-hydrogen) atoms. The van der Waals surface area contributed by atoms with Crippen molar-refractivity contribution in [2.75, 3.05) is 36.4 Å². The summed E-state index contributed by atoms with van der Waals surface area (Å²) in [4.78, 5) is 15.2. The summed E-state index contributed by atoms with van der Waals surface area (Å²) in [6, 6.07) is 11.3. The summed E-state index contributed by atoms with van der Waals surface area (Å²) in [7, 11) is 0. The van der Waals surface area contributed by atoms with E-state index in [1.165, 1.54) is 74.1 Å². The minimum Gasteiger partial charge on any atom is -0.356 e. The number of rotatable bonds is 5. The molecule has 5 nitrogen and oxygen atoms in total. The van der Waals surface area contributed by atoms with Crippen LogP contribution in [0.4, 0.5) is 11.8 Å². The second-order valence-electron chi connectivity index (χ2n) is 9.26. The number of aromatic nitrogens is 2. The van der Waals surface area contributed by atoms with Gasteiger partial charge in [0.05, 0.1) is 5.69 Å². The maximum Gasteiger partial charge on any atom is 0.225 e. The molecular formula is C25H35N5. The van der Waals surface area contributed by atoms with E-state index in [1.807, 2.05) is 0 Å². The lowest BCUT2D eigenvalue weighted by atomic mass is 10.0. The summed E-state index contributed by atoms with van der Waals surface area (Å²) >= 11 is 0. The molecule has 1 aliphatic carbocycles. The molecule has 1 atom stereocenters.